The monoisotopic (exact) mass is 457 g/mol. The average molecular weight is 458 g/mol. The second-order valence-corrected chi connectivity index (χ2v) is 11.4. The van der Waals surface area contributed by atoms with Crippen LogP contribution in [0.25, 0.3) is 10.2 Å². The van der Waals surface area contributed by atoms with Crippen LogP contribution in [0, 0.1) is 23.2 Å². The van der Waals surface area contributed by atoms with Gasteiger partial charge in [-0.1, -0.05) is 11.3 Å². The van der Waals surface area contributed by atoms with Crippen molar-refractivity contribution in [1.29, 1.82) is 0 Å². The van der Waals surface area contributed by atoms with Gasteiger partial charge < -0.3 is 14.4 Å². The molecule has 4 aliphatic rings. The summed E-state index contributed by atoms with van der Waals surface area (Å²) in [4.78, 5) is 23.4. The molecule has 0 atom stereocenters. The molecule has 6 nitrogen and oxygen atoms in total. The zero-order valence-corrected chi connectivity index (χ0v) is 20.5. The van der Waals surface area contributed by atoms with Gasteiger partial charge in [0, 0.05) is 6.54 Å². The molecule has 1 amide bonds. The topological polar surface area (TPSA) is 54.9 Å². The fourth-order valence-electron chi connectivity index (χ4n) is 6.88. The van der Waals surface area contributed by atoms with Gasteiger partial charge in [0.2, 0.25) is 5.91 Å². The number of anilines is 1. The normalized spacial score (nSPS) is 28.5. The van der Waals surface area contributed by atoms with Crippen LogP contribution in [0.1, 0.15) is 44.9 Å². The van der Waals surface area contributed by atoms with E-state index in [1.165, 1.54) is 19.3 Å². The van der Waals surface area contributed by atoms with Gasteiger partial charge in [-0.3, -0.25) is 9.69 Å². The number of hydrogen-bond donors (Lipinski definition) is 0. The lowest BCUT2D eigenvalue weighted by molar-refractivity contribution is -0.143. The second kappa shape index (κ2) is 8.49. The second-order valence-electron chi connectivity index (χ2n) is 10.5. The number of fused-ring (bicyclic) bond motifs is 1. The van der Waals surface area contributed by atoms with Gasteiger partial charge in [0.1, 0.15) is 21.7 Å². The Bertz CT molecular complexity index is 925. The number of amides is 1. The molecule has 2 aromatic rings. The number of carbonyl (C=O) groups is 1. The number of methoxy groups -OCH3 is 2. The molecule has 1 aromatic carbocycles. The Morgan fingerprint density at radius 2 is 1.62 bits per heavy atom. The van der Waals surface area contributed by atoms with Crippen LogP contribution in [0.4, 0.5) is 5.13 Å². The summed E-state index contributed by atoms with van der Waals surface area (Å²) in [6.45, 7) is 1.64. The molecule has 4 aliphatic carbocycles. The van der Waals surface area contributed by atoms with Gasteiger partial charge in [-0.25, -0.2) is 4.98 Å². The third-order valence-electron chi connectivity index (χ3n) is 7.85. The molecule has 174 valence electrons. The fraction of sp³-hybridized carbons (Fsp3) is 0.680. The van der Waals surface area contributed by atoms with Crippen molar-refractivity contribution in [3.8, 4) is 11.5 Å². The third kappa shape index (κ3) is 3.77. The zero-order chi connectivity index (χ0) is 22.5. The van der Waals surface area contributed by atoms with E-state index < -0.39 is 0 Å². The Hall–Kier alpha value is -1.86. The van der Waals surface area contributed by atoms with E-state index in [0.29, 0.717) is 12.5 Å². The first kappa shape index (κ1) is 22.0. The lowest BCUT2D eigenvalue weighted by Gasteiger charge is -2.56. The Labute approximate surface area is 194 Å². The van der Waals surface area contributed by atoms with Crippen LogP contribution in [0.3, 0.4) is 0 Å². The number of aromatic nitrogens is 1. The number of rotatable bonds is 8. The van der Waals surface area contributed by atoms with E-state index in [1.54, 1.807) is 25.6 Å². The van der Waals surface area contributed by atoms with Gasteiger partial charge in [0.15, 0.2) is 5.13 Å². The first-order chi connectivity index (χ1) is 15.4. The van der Waals surface area contributed by atoms with Crippen LogP contribution in [-0.4, -0.2) is 57.2 Å². The summed E-state index contributed by atoms with van der Waals surface area (Å²) in [6.07, 6.45) is 8.14. The Morgan fingerprint density at radius 1 is 1.03 bits per heavy atom. The van der Waals surface area contributed by atoms with Crippen molar-refractivity contribution in [2.75, 3.05) is 46.3 Å². The number of carbonyl (C=O) groups excluding carboxylic acids is 1. The van der Waals surface area contributed by atoms with Crippen molar-refractivity contribution in [3.05, 3.63) is 12.1 Å². The first-order valence-corrected chi connectivity index (χ1v) is 12.7. The molecule has 4 fully saturated rings. The van der Waals surface area contributed by atoms with Crippen molar-refractivity contribution in [2.45, 2.75) is 44.9 Å². The van der Waals surface area contributed by atoms with Gasteiger partial charge in [-0.05, 0) is 95.5 Å². The average Bonchev–Trinajstić information content (AvgIpc) is 3.19. The van der Waals surface area contributed by atoms with Crippen LogP contribution >= 0.6 is 11.3 Å². The highest BCUT2D eigenvalue weighted by Gasteiger charge is 2.56. The van der Waals surface area contributed by atoms with E-state index in [9.17, 15) is 4.79 Å². The Morgan fingerprint density at radius 3 is 2.19 bits per heavy atom. The molecule has 0 aliphatic heterocycles. The molecular weight excluding hydrogens is 422 g/mol. The summed E-state index contributed by atoms with van der Waals surface area (Å²) in [7, 11) is 7.50. The molecule has 6 rings (SSSR count). The fourth-order valence-corrected chi connectivity index (χ4v) is 7.98. The lowest BCUT2D eigenvalue weighted by atomic mass is 9.49. The summed E-state index contributed by atoms with van der Waals surface area (Å²) < 4.78 is 12.1. The third-order valence-corrected chi connectivity index (χ3v) is 8.95. The molecule has 0 unspecified atom stereocenters. The van der Waals surface area contributed by atoms with Gasteiger partial charge >= 0.3 is 0 Å². The molecule has 1 aromatic heterocycles. The van der Waals surface area contributed by atoms with Crippen LogP contribution in [-0.2, 0) is 4.79 Å². The van der Waals surface area contributed by atoms with E-state index in [-0.39, 0.29) is 5.41 Å². The highest BCUT2D eigenvalue weighted by molar-refractivity contribution is 7.22. The predicted octanol–water partition coefficient (Wildman–Crippen LogP) is 4.81. The molecule has 4 saturated carbocycles. The summed E-state index contributed by atoms with van der Waals surface area (Å²) in [5, 5.41) is 0.780. The van der Waals surface area contributed by atoms with E-state index in [0.717, 1.165) is 76.8 Å². The number of benzene rings is 1. The van der Waals surface area contributed by atoms with E-state index >= 15 is 0 Å². The van der Waals surface area contributed by atoms with Gasteiger partial charge in [0.05, 0.1) is 19.6 Å². The minimum absolute atomic E-state index is 0.182. The minimum Gasteiger partial charge on any atom is -0.495 e. The summed E-state index contributed by atoms with van der Waals surface area (Å²) in [6, 6.07) is 3.81. The summed E-state index contributed by atoms with van der Waals surface area (Å²) >= 11 is 1.55. The molecule has 0 N–H and O–H groups in total. The van der Waals surface area contributed by atoms with E-state index in [4.69, 9.17) is 14.5 Å². The van der Waals surface area contributed by atoms with Crippen molar-refractivity contribution in [2.24, 2.45) is 23.2 Å². The van der Waals surface area contributed by atoms with Crippen molar-refractivity contribution >= 4 is 32.6 Å². The highest BCUT2D eigenvalue weighted by Crippen LogP contribution is 2.61. The van der Waals surface area contributed by atoms with E-state index in [2.05, 4.69) is 19.0 Å². The van der Waals surface area contributed by atoms with Crippen LogP contribution < -0.4 is 14.4 Å². The maximum Gasteiger partial charge on any atom is 0.235 e. The van der Waals surface area contributed by atoms with Gasteiger partial charge in [-0.15, -0.1) is 0 Å². The minimum atomic E-state index is -0.182. The molecule has 1 heterocycles. The van der Waals surface area contributed by atoms with E-state index in [1.807, 2.05) is 17.0 Å². The summed E-state index contributed by atoms with van der Waals surface area (Å²) in [5.74, 6) is 4.03. The maximum atomic E-state index is 14.3. The Balaban J connectivity index is 1.52. The number of ether oxygens (including phenoxy) is 2. The maximum absolute atomic E-state index is 14.3. The smallest absolute Gasteiger partial charge is 0.235 e. The molecule has 7 heteroatoms. The van der Waals surface area contributed by atoms with Crippen molar-refractivity contribution < 1.29 is 14.3 Å². The van der Waals surface area contributed by atoms with Crippen LogP contribution in [0.5, 0.6) is 11.5 Å². The highest BCUT2D eigenvalue weighted by atomic mass is 32.1. The van der Waals surface area contributed by atoms with Crippen LogP contribution in [0.2, 0.25) is 0 Å². The molecular formula is C25H35N3O3S. The predicted molar refractivity (Wildman–Crippen MR) is 129 cm³/mol. The quantitative estimate of drug-likeness (QED) is 0.569. The van der Waals surface area contributed by atoms with Crippen LogP contribution in [0.15, 0.2) is 12.1 Å². The SMILES string of the molecule is COc1ccc(OC)c2sc(N(CCCN(C)C)C(=O)C34CC5CC(CC(C5)C3)C4)nc12. The molecule has 0 radical (unpaired) electrons. The molecule has 0 saturated heterocycles. The Kier molecular flexibility index (Phi) is 5.82. The van der Waals surface area contributed by atoms with Crippen molar-refractivity contribution in [1.82, 2.24) is 9.88 Å². The number of hydrogen-bond acceptors (Lipinski definition) is 6. The lowest BCUT2D eigenvalue weighted by Crippen LogP contribution is -2.55. The largest absolute Gasteiger partial charge is 0.495 e. The first-order valence-electron chi connectivity index (χ1n) is 11.9. The number of thiazole rings is 1. The van der Waals surface area contributed by atoms with Gasteiger partial charge in [0.25, 0.3) is 0 Å². The molecule has 32 heavy (non-hydrogen) atoms. The number of nitrogens with zero attached hydrogens (tertiary/aromatic N) is 3. The van der Waals surface area contributed by atoms with Gasteiger partial charge in [-0.2, -0.15) is 0 Å². The van der Waals surface area contributed by atoms with Crippen molar-refractivity contribution in [3.63, 3.8) is 0 Å². The standard InChI is InChI=1S/C25H35N3O3S/c1-27(2)8-5-9-28(23(29)25-13-16-10-17(14-25)12-18(11-16)15-25)24-26-21-19(30-3)6-7-20(31-4)22(21)32-24/h6-7,16-18H,5,8-15H2,1-4H3. The zero-order valence-electron chi connectivity index (χ0n) is 19.7. The molecule has 0 spiro atoms. The molecule has 4 bridgehead atoms. The summed E-state index contributed by atoms with van der Waals surface area (Å²) in [5.41, 5.74) is 0.599.